The van der Waals surface area contributed by atoms with Crippen LogP contribution in [0.5, 0.6) is 0 Å². The SMILES string of the molecule is CCN1CCN(CCC(=O)C=Cc2ccc([N+](=O)[O-])cc2)CC1. The van der Waals surface area contributed by atoms with Crippen LogP contribution in [0.1, 0.15) is 18.9 Å². The number of hydrogen-bond acceptors (Lipinski definition) is 5. The summed E-state index contributed by atoms with van der Waals surface area (Å²) in [7, 11) is 0. The Morgan fingerprint density at radius 1 is 1.17 bits per heavy atom. The molecular formula is C17H23N3O3. The molecule has 0 N–H and O–H groups in total. The predicted octanol–water partition coefficient (Wildman–Crippen LogP) is 2.20. The zero-order valence-electron chi connectivity index (χ0n) is 13.5. The summed E-state index contributed by atoms with van der Waals surface area (Å²) >= 11 is 0. The van der Waals surface area contributed by atoms with E-state index >= 15 is 0 Å². The van der Waals surface area contributed by atoms with Gasteiger partial charge < -0.3 is 9.80 Å². The van der Waals surface area contributed by atoms with E-state index in [1.165, 1.54) is 12.1 Å². The van der Waals surface area contributed by atoms with E-state index in [0.29, 0.717) is 6.42 Å². The highest BCUT2D eigenvalue weighted by Crippen LogP contribution is 2.13. The zero-order chi connectivity index (χ0) is 16.7. The van der Waals surface area contributed by atoms with Crippen molar-refractivity contribution in [2.24, 2.45) is 0 Å². The van der Waals surface area contributed by atoms with Crippen molar-refractivity contribution < 1.29 is 9.72 Å². The Balaban J connectivity index is 1.75. The number of nitro groups is 1. The number of rotatable bonds is 7. The molecule has 0 bridgehead atoms. The van der Waals surface area contributed by atoms with Crippen LogP contribution in [-0.4, -0.2) is 59.8 Å². The lowest BCUT2D eigenvalue weighted by atomic mass is 10.1. The van der Waals surface area contributed by atoms with Gasteiger partial charge in [-0.15, -0.1) is 0 Å². The van der Waals surface area contributed by atoms with Gasteiger partial charge in [-0.1, -0.05) is 13.0 Å². The summed E-state index contributed by atoms with van der Waals surface area (Å²) in [4.78, 5) is 26.8. The van der Waals surface area contributed by atoms with Crippen LogP contribution in [0.15, 0.2) is 30.3 Å². The van der Waals surface area contributed by atoms with Crippen molar-refractivity contribution >= 4 is 17.5 Å². The Labute approximate surface area is 136 Å². The van der Waals surface area contributed by atoms with Gasteiger partial charge in [0.15, 0.2) is 5.78 Å². The first kappa shape index (κ1) is 17.3. The second-order valence-electron chi connectivity index (χ2n) is 5.67. The molecule has 0 aromatic heterocycles. The van der Waals surface area contributed by atoms with Gasteiger partial charge >= 0.3 is 0 Å². The third kappa shape index (κ3) is 5.58. The minimum Gasteiger partial charge on any atom is -0.301 e. The lowest BCUT2D eigenvalue weighted by molar-refractivity contribution is -0.384. The molecule has 1 aromatic carbocycles. The molecule has 0 unspecified atom stereocenters. The number of hydrogen-bond donors (Lipinski definition) is 0. The Hall–Kier alpha value is -2.05. The van der Waals surface area contributed by atoms with Gasteiger partial charge in [0.2, 0.25) is 0 Å². The Bertz CT molecular complexity index is 561. The van der Waals surface area contributed by atoms with E-state index < -0.39 is 4.92 Å². The topological polar surface area (TPSA) is 66.7 Å². The first-order chi connectivity index (χ1) is 11.1. The number of carbonyl (C=O) groups excluding carboxylic acids is 1. The van der Waals surface area contributed by atoms with E-state index in [2.05, 4.69) is 16.7 Å². The average Bonchev–Trinajstić information content (AvgIpc) is 2.59. The summed E-state index contributed by atoms with van der Waals surface area (Å²) in [5.41, 5.74) is 0.847. The summed E-state index contributed by atoms with van der Waals surface area (Å²) in [6.07, 6.45) is 3.78. The maximum Gasteiger partial charge on any atom is 0.269 e. The molecule has 6 heteroatoms. The van der Waals surface area contributed by atoms with Crippen molar-refractivity contribution in [3.05, 3.63) is 46.0 Å². The average molecular weight is 317 g/mol. The first-order valence-corrected chi connectivity index (χ1v) is 7.98. The Morgan fingerprint density at radius 3 is 2.35 bits per heavy atom. The molecule has 23 heavy (non-hydrogen) atoms. The maximum atomic E-state index is 11.9. The smallest absolute Gasteiger partial charge is 0.269 e. The lowest BCUT2D eigenvalue weighted by Gasteiger charge is -2.33. The molecule has 1 aliphatic rings. The van der Waals surface area contributed by atoms with Crippen molar-refractivity contribution in [3.8, 4) is 0 Å². The molecule has 0 radical (unpaired) electrons. The molecule has 0 saturated carbocycles. The number of non-ortho nitro benzene ring substituents is 1. The molecular weight excluding hydrogens is 294 g/mol. The van der Waals surface area contributed by atoms with E-state index in [9.17, 15) is 14.9 Å². The Morgan fingerprint density at radius 2 is 1.78 bits per heavy atom. The van der Waals surface area contributed by atoms with Crippen molar-refractivity contribution in [1.29, 1.82) is 0 Å². The summed E-state index contributed by atoms with van der Waals surface area (Å²) < 4.78 is 0. The monoisotopic (exact) mass is 317 g/mol. The van der Waals surface area contributed by atoms with Crippen molar-refractivity contribution in [2.45, 2.75) is 13.3 Å². The van der Waals surface area contributed by atoms with E-state index in [4.69, 9.17) is 0 Å². The van der Waals surface area contributed by atoms with Crippen molar-refractivity contribution in [1.82, 2.24) is 9.80 Å². The van der Waals surface area contributed by atoms with Crippen LogP contribution >= 0.6 is 0 Å². The van der Waals surface area contributed by atoms with Gasteiger partial charge in [-0.3, -0.25) is 14.9 Å². The summed E-state index contributed by atoms with van der Waals surface area (Å²) in [6, 6.07) is 6.17. The van der Waals surface area contributed by atoms with Crippen LogP contribution < -0.4 is 0 Å². The van der Waals surface area contributed by atoms with Gasteiger partial charge in [0.1, 0.15) is 0 Å². The minimum absolute atomic E-state index is 0.0553. The number of nitrogens with zero attached hydrogens (tertiary/aromatic N) is 3. The molecule has 1 aliphatic heterocycles. The van der Waals surface area contributed by atoms with Crippen LogP contribution in [0.25, 0.3) is 6.08 Å². The highest BCUT2D eigenvalue weighted by atomic mass is 16.6. The molecule has 6 nitrogen and oxygen atoms in total. The maximum absolute atomic E-state index is 11.9. The van der Waals surface area contributed by atoms with Crippen LogP contribution in [0, 0.1) is 10.1 Å². The fraction of sp³-hybridized carbons (Fsp3) is 0.471. The second-order valence-corrected chi connectivity index (χ2v) is 5.67. The van der Waals surface area contributed by atoms with Gasteiger partial charge in [-0.2, -0.15) is 0 Å². The van der Waals surface area contributed by atoms with Crippen LogP contribution in [0.4, 0.5) is 5.69 Å². The van der Waals surface area contributed by atoms with Gasteiger partial charge in [-0.05, 0) is 30.3 Å². The molecule has 0 aliphatic carbocycles. The van der Waals surface area contributed by atoms with Crippen molar-refractivity contribution in [3.63, 3.8) is 0 Å². The molecule has 2 rings (SSSR count). The highest BCUT2D eigenvalue weighted by molar-refractivity contribution is 5.93. The summed E-state index contributed by atoms with van der Waals surface area (Å²) in [5, 5.41) is 10.6. The number of carbonyl (C=O) groups is 1. The second kappa shape index (κ2) is 8.55. The minimum atomic E-state index is -0.434. The quantitative estimate of drug-likeness (QED) is 0.438. The Kier molecular flexibility index (Phi) is 6.43. The van der Waals surface area contributed by atoms with E-state index in [1.54, 1.807) is 24.3 Å². The predicted molar refractivity (Wildman–Crippen MR) is 90.3 cm³/mol. The molecule has 1 heterocycles. The number of nitro benzene ring substituents is 1. The van der Waals surface area contributed by atoms with E-state index in [0.717, 1.165) is 44.8 Å². The number of ketones is 1. The molecule has 0 spiro atoms. The first-order valence-electron chi connectivity index (χ1n) is 7.98. The van der Waals surface area contributed by atoms with Gasteiger partial charge in [0.05, 0.1) is 4.92 Å². The zero-order valence-corrected chi connectivity index (χ0v) is 13.5. The van der Waals surface area contributed by atoms with E-state index in [-0.39, 0.29) is 11.5 Å². The fourth-order valence-electron chi connectivity index (χ4n) is 2.58. The number of piperazine rings is 1. The van der Waals surface area contributed by atoms with Gasteiger partial charge in [-0.25, -0.2) is 0 Å². The molecule has 0 atom stereocenters. The third-order valence-electron chi connectivity index (χ3n) is 4.15. The highest BCUT2D eigenvalue weighted by Gasteiger charge is 2.15. The third-order valence-corrected chi connectivity index (χ3v) is 4.15. The molecule has 1 aromatic rings. The summed E-state index contributed by atoms with van der Waals surface area (Å²) in [6.45, 7) is 8.24. The van der Waals surface area contributed by atoms with Crippen LogP contribution in [-0.2, 0) is 4.79 Å². The largest absolute Gasteiger partial charge is 0.301 e. The van der Waals surface area contributed by atoms with Crippen molar-refractivity contribution in [2.75, 3.05) is 39.3 Å². The number of likely N-dealkylation sites (N-methyl/N-ethyl adjacent to an activating group) is 1. The van der Waals surface area contributed by atoms with Crippen LogP contribution in [0.2, 0.25) is 0 Å². The summed E-state index contributed by atoms with van der Waals surface area (Å²) in [5.74, 6) is 0.0845. The number of allylic oxidation sites excluding steroid dienone is 1. The van der Waals surface area contributed by atoms with Crippen LogP contribution in [0.3, 0.4) is 0 Å². The van der Waals surface area contributed by atoms with Gasteiger partial charge in [0.25, 0.3) is 5.69 Å². The molecule has 1 fully saturated rings. The molecule has 0 amide bonds. The number of benzene rings is 1. The molecule has 124 valence electrons. The molecule has 1 saturated heterocycles. The standard InChI is InChI=1S/C17H23N3O3/c1-2-18-11-13-19(14-12-18)10-9-17(21)8-5-15-3-6-16(7-4-15)20(22)23/h3-8H,2,9-14H2,1H3. The van der Waals surface area contributed by atoms with E-state index in [1.807, 2.05) is 0 Å². The van der Waals surface area contributed by atoms with Gasteiger partial charge in [0, 0.05) is 51.3 Å². The lowest BCUT2D eigenvalue weighted by Crippen LogP contribution is -2.46. The normalized spacial score (nSPS) is 16.7. The fourth-order valence-corrected chi connectivity index (χ4v) is 2.58.